The van der Waals surface area contributed by atoms with Gasteiger partial charge in [-0.25, -0.2) is 4.98 Å². The largest absolute Gasteiger partial charge is 0.382 e. The molecule has 4 nitrogen and oxygen atoms in total. The zero-order valence-corrected chi connectivity index (χ0v) is 13.4. The molecule has 1 aromatic carbocycles. The second-order valence-corrected chi connectivity index (χ2v) is 5.27. The molecule has 0 saturated heterocycles. The Balaban J connectivity index is 2.15. The fourth-order valence-electron chi connectivity index (χ4n) is 2.32. The zero-order valence-electron chi connectivity index (χ0n) is 13.4. The molecule has 0 radical (unpaired) electrons. The van der Waals surface area contributed by atoms with Gasteiger partial charge in [-0.3, -0.25) is 4.57 Å². The summed E-state index contributed by atoms with van der Waals surface area (Å²) in [7, 11) is 0. The van der Waals surface area contributed by atoms with E-state index < -0.39 is 0 Å². The van der Waals surface area contributed by atoms with E-state index in [-0.39, 0.29) is 0 Å². The molecule has 2 rings (SSSR count). The van der Waals surface area contributed by atoms with Crippen molar-refractivity contribution in [1.29, 1.82) is 0 Å². The molecule has 21 heavy (non-hydrogen) atoms. The van der Waals surface area contributed by atoms with Crippen LogP contribution < -0.4 is 5.32 Å². The van der Waals surface area contributed by atoms with Crippen LogP contribution in [0.3, 0.4) is 0 Å². The van der Waals surface area contributed by atoms with Crippen molar-refractivity contribution in [2.24, 2.45) is 0 Å². The molecule has 0 saturated carbocycles. The van der Waals surface area contributed by atoms with Crippen LogP contribution in [0.2, 0.25) is 0 Å². The van der Waals surface area contributed by atoms with Gasteiger partial charge in [0.15, 0.2) is 0 Å². The number of aryl methyl sites for hydroxylation is 2. The first-order valence-corrected chi connectivity index (χ1v) is 7.57. The molecule has 0 spiro atoms. The van der Waals surface area contributed by atoms with Gasteiger partial charge in [-0.1, -0.05) is 12.1 Å². The van der Waals surface area contributed by atoms with Crippen LogP contribution >= 0.6 is 0 Å². The van der Waals surface area contributed by atoms with Crippen LogP contribution in [0.15, 0.2) is 24.4 Å². The number of nitrogens with one attached hydrogen (secondary N) is 1. The maximum absolute atomic E-state index is 5.36. The normalized spacial score (nSPS) is 10.9. The van der Waals surface area contributed by atoms with E-state index in [4.69, 9.17) is 4.74 Å². The molecular formula is C17H25N3O. The molecule has 4 heteroatoms. The van der Waals surface area contributed by atoms with E-state index in [9.17, 15) is 0 Å². The molecule has 1 N–H and O–H groups in total. The summed E-state index contributed by atoms with van der Waals surface area (Å²) >= 11 is 0. The molecular weight excluding hydrogens is 262 g/mol. The smallest absolute Gasteiger partial charge is 0.207 e. The maximum Gasteiger partial charge on any atom is 0.207 e. The van der Waals surface area contributed by atoms with Crippen LogP contribution in [0, 0.1) is 20.8 Å². The summed E-state index contributed by atoms with van der Waals surface area (Å²) in [4.78, 5) is 4.59. The first-order valence-electron chi connectivity index (χ1n) is 7.57. The monoisotopic (exact) mass is 287 g/mol. The van der Waals surface area contributed by atoms with Crippen molar-refractivity contribution in [2.75, 3.05) is 25.1 Å². The molecule has 0 amide bonds. The molecule has 2 aromatic rings. The number of ether oxygens (including phenoxy) is 1. The Kier molecular flexibility index (Phi) is 5.39. The van der Waals surface area contributed by atoms with Crippen molar-refractivity contribution in [2.45, 2.75) is 34.1 Å². The van der Waals surface area contributed by atoms with E-state index in [1.165, 1.54) is 16.8 Å². The van der Waals surface area contributed by atoms with Crippen molar-refractivity contribution >= 4 is 5.95 Å². The minimum Gasteiger partial charge on any atom is -0.382 e. The average molecular weight is 287 g/mol. The highest BCUT2D eigenvalue weighted by atomic mass is 16.5. The lowest BCUT2D eigenvalue weighted by Crippen LogP contribution is -2.10. The van der Waals surface area contributed by atoms with Crippen LogP contribution in [0.5, 0.6) is 0 Å². The standard InChI is InChI=1S/C17H25N3O/c1-5-21-11-7-10-18-17-19-14(3)12-20(17)16-9-6-8-13(2)15(16)4/h6,8-9,12H,5,7,10-11H2,1-4H3,(H,18,19). The number of rotatable bonds is 7. The van der Waals surface area contributed by atoms with Gasteiger partial charge < -0.3 is 10.1 Å². The van der Waals surface area contributed by atoms with Gasteiger partial charge in [-0.05, 0) is 51.3 Å². The third-order valence-electron chi connectivity index (χ3n) is 3.61. The second kappa shape index (κ2) is 7.27. The Labute approximate surface area is 127 Å². The molecule has 0 aliphatic rings. The topological polar surface area (TPSA) is 39.1 Å². The van der Waals surface area contributed by atoms with Crippen molar-refractivity contribution in [3.05, 3.63) is 41.2 Å². The Morgan fingerprint density at radius 3 is 2.81 bits per heavy atom. The minimum absolute atomic E-state index is 0.774. The molecule has 0 aliphatic carbocycles. The first-order chi connectivity index (χ1) is 10.1. The fourth-order valence-corrected chi connectivity index (χ4v) is 2.32. The zero-order chi connectivity index (χ0) is 15.2. The van der Waals surface area contributed by atoms with Gasteiger partial charge in [0.25, 0.3) is 0 Å². The molecule has 0 bridgehead atoms. The van der Waals surface area contributed by atoms with Crippen molar-refractivity contribution in [1.82, 2.24) is 9.55 Å². The number of anilines is 1. The SMILES string of the molecule is CCOCCCNc1nc(C)cn1-c1cccc(C)c1C. The van der Waals surface area contributed by atoms with Crippen molar-refractivity contribution in [3.63, 3.8) is 0 Å². The van der Waals surface area contributed by atoms with Crippen LogP contribution in [0.4, 0.5) is 5.95 Å². The van der Waals surface area contributed by atoms with E-state index in [0.717, 1.165) is 37.8 Å². The predicted octanol–water partition coefficient (Wildman–Crippen LogP) is 3.64. The summed E-state index contributed by atoms with van der Waals surface area (Å²) in [5.41, 5.74) is 4.78. The van der Waals surface area contributed by atoms with Crippen LogP contribution in [0.1, 0.15) is 30.2 Å². The van der Waals surface area contributed by atoms with Crippen LogP contribution in [-0.2, 0) is 4.74 Å². The molecule has 0 unspecified atom stereocenters. The summed E-state index contributed by atoms with van der Waals surface area (Å²) in [6.07, 6.45) is 3.05. The third kappa shape index (κ3) is 3.85. The fraction of sp³-hybridized carbons (Fsp3) is 0.471. The number of aromatic nitrogens is 2. The number of benzene rings is 1. The lowest BCUT2D eigenvalue weighted by atomic mass is 10.1. The summed E-state index contributed by atoms with van der Waals surface area (Å²) in [5.74, 6) is 0.901. The summed E-state index contributed by atoms with van der Waals surface area (Å²) in [6.45, 7) is 10.7. The van der Waals surface area contributed by atoms with Gasteiger partial charge in [-0.15, -0.1) is 0 Å². The Morgan fingerprint density at radius 1 is 1.24 bits per heavy atom. The second-order valence-electron chi connectivity index (χ2n) is 5.27. The highest BCUT2D eigenvalue weighted by Gasteiger charge is 2.10. The average Bonchev–Trinajstić information content (AvgIpc) is 2.82. The quantitative estimate of drug-likeness (QED) is 0.790. The molecule has 1 heterocycles. The number of hydrogen-bond acceptors (Lipinski definition) is 3. The van der Waals surface area contributed by atoms with Crippen molar-refractivity contribution < 1.29 is 4.74 Å². The highest BCUT2D eigenvalue weighted by Crippen LogP contribution is 2.22. The first kappa shape index (κ1) is 15.6. The minimum atomic E-state index is 0.774. The lowest BCUT2D eigenvalue weighted by Gasteiger charge is -2.13. The van der Waals surface area contributed by atoms with E-state index in [0.29, 0.717) is 0 Å². The number of imidazole rings is 1. The van der Waals surface area contributed by atoms with E-state index in [1.807, 2.05) is 13.8 Å². The molecule has 0 fully saturated rings. The molecule has 0 atom stereocenters. The van der Waals surface area contributed by atoms with Gasteiger partial charge >= 0.3 is 0 Å². The predicted molar refractivity (Wildman–Crippen MR) is 87.4 cm³/mol. The Hall–Kier alpha value is -1.81. The van der Waals surface area contributed by atoms with E-state index >= 15 is 0 Å². The summed E-state index contributed by atoms with van der Waals surface area (Å²) in [5, 5.41) is 3.41. The van der Waals surface area contributed by atoms with Crippen molar-refractivity contribution in [3.8, 4) is 5.69 Å². The van der Waals surface area contributed by atoms with Gasteiger partial charge in [0.05, 0.1) is 11.4 Å². The van der Waals surface area contributed by atoms with Gasteiger partial charge in [0.1, 0.15) is 0 Å². The lowest BCUT2D eigenvalue weighted by molar-refractivity contribution is 0.147. The van der Waals surface area contributed by atoms with Gasteiger partial charge in [0.2, 0.25) is 5.95 Å². The van der Waals surface area contributed by atoms with Gasteiger partial charge in [-0.2, -0.15) is 0 Å². The molecule has 114 valence electrons. The van der Waals surface area contributed by atoms with Gasteiger partial charge in [0, 0.05) is 26.0 Å². The third-order valence-corrected chi connectivity index (χ3v) is 3.61. The molecule has 1 aromatic heterocycles. The highest BCUT2D eigenvalue weighted by molar-refractivity contribution is 5.50. The van der Waals surface area contributed by atoms with E-state index in [1.54, 1.807) is 0 Å². The number of nitrogens with zero attached hydrogens (tertiary/aromatic N) is 2. The maximum atomic E-state index is 5.36. The van der Waals surface area contributed by atoms with Crippen LogP contribution in [-0.4, -0.2) is 29.3 Å². The summed E-state index contributed by atoms with van der Waals surface area (Å²) < 4.78 is 7.50. The summed E-state index contributed by atoms with van der Waals surface area (Å²) in [6, 6.07) is 6.36. The van der Waals surface area contributed by atoms with Crippen LogP contribution in [0.25, 0.3) is 5.69 Å². The number of hydrogen-bond donors (Lipinski definition) is 1. The molecule has 0 aliphatic heterocycles. The Bertz CT molecular complexity index is 590. The van der Waals surface area contributed by atoms with E-state index in [2.05, 4.69) is 53.1 Å². The Morgan fingerprint density at radius 2 is 2.05 bits per heavy atom.